The van der Waals surface area contributed by atoms with E-state index in [-0.39, 0.29) is 5.91 Å². The number of para-hydroxylation sites is 1. The second-order valence-corrected chi connectivity index (χ2v) is 5.32. The minimum Gasteiger partial charge on any atom is -0.496 e. The summed E-state index contributed by atoms with van der Waals surface area (Å²) in [6, 6.07) is 10.7. The number of ether oxygens (including phenoxy) is 3. The molecule has 0 unspecified atom stereocenters. The Morgan fingerprint density at radius 3 is 2.50 bits per heavy atom. The summed E-state index contributed by atoms with van der Waals surface area (Å²) in [5.41, 5.74) is 1.28. The molecule has 0 radical (unpaired) electrons. The van der Waals surface area contributed by atoms with Crippen molar-refractivity contribution in [3.05, 3.63) is 52.5 Å². The number of carbonyl (C=O) groups is 1. The lowest BCUT2D eigenvalue weighted by atomic mass is 10.1. The molecule has 0 aliphatic heterocycles. The Labute approximate surface area is 146 Å². The van der Waals surface area contributed by atoms with Crippen molar-refractivity contribution in [2.24, 2.45) is 0 Å². The van der Waals surface area contributed by atoms with Crippen LogP contribution >= 0.6 is 11.6 Å². The molecule has 128 valence electrons. The number of methoxy groups -OCH3 is 2. The summed E-state index contributed by atoms with van der Waals surface area (Å²) >= 11 is 6.20. The molecule has 6 heteroatoms. The molecule has 0 fully saturated rings. The van der Waals surface area contributed by atoms with E-state index in [1.807, 2.05) is 31.2 Å². The molecule has 1 amide bonds. The summed E-state index contributed by atoms with van der Waals surface area (Å²) in [5, 5.41) is 3.18. The Balaban J connectivity index is 2.16. The Morgan fingerprint density at radius 1 is 1.12 bits per heavy atom. The molecule has 0 aliphatic rings. The van der Waals surface area contributed by atoms with Gasteiger partial charge in [-0.05, 0) is 25.1 Å². The first-order valence-corrected chi connectivity index (χ1v) is 7.88. The molecule has 0 saturated heterocycles. The van der Waals surface area contributed by atoms with Crippen LogP contribution < -0.4 is 19.5 Å². The fourth-order valence-electron chi connectivity index (χ4n) is 2.26. The number of hydrogen-bond acceptors (Lipinski definition) is 4. The fraction of sp³-hybridized carbons (Fsp3) is 0.278. The third-order valence-electron chi connectivity index (χ3n) is 3.41. The van der Waals surface area contributed by atoms with Crippen molar-refractivity contribution in [2.45, 2.75) is 13.5 Å². The van der Waals surface area contributed by atoms with Crippen molar-refractivity contribution >= 4 is 17.5 Å². The first-order valence-electron chi connectivity index (χ1n) is 7.51. The number of hydrogen-bond donors (Lipinski definition) is 1. The lowest BCUT2D eigenvalue weighted by Gasteiger charge is -2.14. The highest BCUT2D eigenvalue weighted by atomic mass is 35.5. The normalized spacial score (nSPS) is 10.2. The van der Waals surface area contributed by atoms with Gasteiger partial charge in [0.15, 0.2) is 11.5 Å². The van der Waals surface area contributed by atoms with Gasteiger partial charge in [0.05, 0.1) is 25.8 Å². The van der Waals surface area contributed by atoms with Gasteiger partial charge in [0.2, 0.25) is 0 Å². The van der Waals surface area contributed by atoms with Crippen molar-refractivity contribution in [1.82, 2.24) is 5.32 Å². The minimum atomic E-state index is -0.260. The van der Waals surface area contributed by atoms with E-state index in [0.717, 1.165) is 11.3 Å². The van der Waals surface area contributed by atoms with Gasteiger partial charge < -0.3 is 19.5 Å². The summed E-state index contributed by atoms with van der Waals surface area (Å²) in [5.74, 6) is 1.32. The molecule has 0 spiro atoms. The highest BCUT2D eigenvalue weighted by Gasteiger charge is 2.16. The molecule has 0 heterocycles. The summed E-state index contributed by atoms with van der Waals surface area (Å²) < 4.78 is 16.0. The van der Waals surface area contributed by atoms with Gasteiger partial charge in [0, 0.05) is 17.7 Å². The van der Waals surface area contributed by atoms with E-state index in [9.17, 15) is 4.79 Å². The van der Waals surface area contributed by atoms with Crippen LogP contribution in [0, 0.1) is 0 Å². The zero-order valence-corrected chi connectivity index (χ0v) is 14.6. The molecule has 0 aromatic heterocycles. The standard InChI is InChI=1S/C18H20ClNO4/c1-4-24-17-14(19)9-13(10-16(17)23-3)18(21)20-11-12-7-5-6-8-15(12)22-2/h5-10H,4,11H2,1-3H3,(H,20,21). The summed E-state index contributed by atoms with van der Waals surface area (Å²) in [7, 11) is 3.10. The average molecular weight is 350 g/mol. The van der Waals surface area contributed by atoms with E-state index < -0.39 is 0 Å². The Morgan fingerprint density at radius 2 is 1.83 bits per heavy atom. The first kappa shape index (κ1) is 17.9. The zero-order valence-electron chi connectivity index (χ0n) is 13.9. The lowest BCUT2D eigenvalue weighted by Crippen LogP contribution is -2.23. The van der Waals surface area contributed by atoms with Crippen molar-refractivity contribution in [3.8, 4) is 17.2 Å². The molecule has 0 saturated carbocycles. The van der Waals surface area contributed by atoms with Gasteiger partial charge in [-0.15, -0.1) is 0 Å². The third-order valence-corrected chi connectivity index (χ3v) is 3.69. The molecule has 1 N–H and O–H groups in total. The van der Waals surface area contributed by atoms with Crippen LogP contribution in [-0.2, 0) is 6.54 Å². The second kappa shape index (κ2) is 8.45. The van der Waals surface area contributed by atoms with Crippen molar-refractivity contribution < 1.29 is 19.0 Å². The first-order chi connectivity index (χ1) is 11.6. The van der Waals surface area contributed by atoms with Crippen LogP contribution in [0.4, 0.5) is 0 Å². The smallest absolute Gasteiger partial charge is 0.251 e. The molecule has 0 aliphatic carbocycles. The van der Waals surface area contributed by atoms with Crippen LogP contribution in [0.15, 0.2) is 36.4 Å². The van der Waals surface area contributed by atoms with Crippen LogP contribution in [0.25, 0.3) is 0 Å². The predicted octanol–water partition coefficient (Wildman–Crippen LogP) is 3.69. The fourth-order valence-corrected chi connectivity index (χ4v) is 2.53. The van der Waals surface area contributed by atoms with E-state index in [1.165, 1.54) is 7.11 Å². The molecular formula is C18H20ClNO4. The number of carbonyl (C=O) groups excluding carboxylic acids is 1. The number of amides is 1. The van der Waals surface area contributed by atoms with Crippen LogP contribution in [0.3, 0.4) is 0 Å². The molecule has 24 heavy (non-hydrogen) atoms. The Hall–Kier alpha value is -2.40. The van der Waals surface area contributed by atoms with E-state index >= 15 is 0 Å². The van der Waals surface area contributed by atoms with Gasteiger partial charge in [-0.3, -0.25) is 4.79 Å². The summed E-state index contributed by atoms with van der Waals surface area (Å²) in [4.78, 5) is 12.4. The topological polar surface area (TPSA) is 56.8 Å². The highest BCUT2D eigenvalue weighted by Crippen LogP contribution is 2.36. The van der Waals surface area contributed by atoms with Crippen LogP contribution in [0.1, 0.15) is 22.8 Å². The predicted molar refractivity (Wildman–Crippen MR) is 93.3 cm³/mol. The molecule has 5 nitrogen and oxygen atoms in total. The number of halogens is 1. The maximum Gasteiger partial charge on any atom is 0.251 e. The zero-order chi connectivity index (χ0) is 17.5. The van der Waals surface area contributed by atoms with E-state index in [1.54, 1.807) is 19.2 Å². The molecule has 2 aromatic carbocycles. The summed E-state index contributed by atoms with van der Waals surface area (Å²) in [6.45, 7) is 2.65. The Kier molecular flexibility index (Phi) is 6.32. The molecular weight excluding hydrogens is 330 g/mol. The van der Waals surface area contributed by atoms with Crippen molar-refractivity contribution in [3.63, 3.8) is 0 Å². The van der Waals surface area contributed by atoms with Gasteiger partial charge in [-0.25, -0.2) is 0 Å². The van der Waals surface area contributed by atoms with Crippen molar-refractivity contribution in [2.75, 3.05) is 20.8 Å². The number of rotatable bonds is 7. The second-order valence-electron chi connectivity index (χ2n) is 4.92. The van der Waals surface area contributed by atoms with Gasteiger partial charge in [0.1, 0.15) is 5.75 Å². The van der Waals surface area contributed by atoms with Gasteiger partial charge in [-0.1, -0.05) is 29.8 Å². The van der Waals surface area contributed by atoms with Crippen molar-refractivity contribution in [1.29, 1.82) is 0 Å². The SMILES string of the molecule is CCOc1c(Cl)cc(C(=O)NCc2ccccc2OC)cc1OC. The maximum atomic E-state index is 12.4. The highest BCUT2D eigenvalue weighted by molar-refractivity contribution is 6.32. The Bertz CT molecular complexity index is 718. The van der Waals surface area contributed by atoms with Gasteiger partial charge in [-0.2, -0.15) is 0 Å². The number of nitrogens with one attached hydrogen (secondary N) is 1. The number of benzene rings is 2. The molecule has 2 rings (SSSR count). The van der Waals surface area contributed by atoms with E-state index in [0.29, 0.717) is 35.2 Å². The van der Waals surface area contributed by atoms with Crippen LogP contribution in [0.2, 0.25) is 5.02 Å². The van der Waals surface area contributed by atoms with E-state index in [2.05, 4.69) is 5.32 Å². The molecule has 0 bridgehead atoms. The molecule has 2 aromatic rings. The lowest BCUT2D eigenvalue weighted by molar-refractivity contribution is 0.0950. The largest absolute Gasteiger partial charge is 0.496 e. The van der Waals surface area contributed by atoms with E-state index in [4.69, 9.17) is 25.8 Å². The molecule has 0 atom stereocenters. The monoisotopic (exact) mass is 349 g/mol. The summed E-state index contributed by atoms with van der Waals surface area (Å²) in [6.07, 6.45) is 0. The van der Waals surface area contributed by atoms with Gasteiger partial charge in [0.25, 0.3) is 5.91 Å². The van der Waals surface area contributed by atoms with Crippen LogP contribution in [0.5, 0.6) is 17.2 Å². The maximum absolute atomic E-state index is 12.4. The third kappa shape index (κ3) is 4.11. The average Bonchev–Trinajstić information content (AvgIpc) is 2.61. The minimum absolute atomic E-state index is 0.260. The van der Waals surface area contributed by atoms with Gasteiger partial charge >= 0.3 is 0 Å². The quantitative estimate of drug-likeness (QED) is 0.828. The van der Waals surface area contributed by atoms with Crippen LogP contribution in [-0.4, -0.2) is 26.7 Å².